The molecule has 0 fully saturated rings. The first-order chi connectivity index (χ1) is 9.91. The van der Waals surface area contributed by atoms with E-state index in [4.69, 9.17) is 0 Å². The number of hydrogen-bond acceptors (Lipinski definition) is 2. The predicted octanol–water partition coefficient (Wildman–Crippen LogP) is 3.25. The molecule has 0 aliphatic heterocycles. The van der Waals surface area contributed by atoms with E-state index in [1.54, 1.807) is 31.3 Å². The zero-order valence-electron chi connectivity index (χ0n) is 12.7. The molecule has 21 heavy (non-hydrogen) atoms. The van der Waals surface area contributed by atoms with Gasteiger partial charge in [-0.25, -0.2) is 8.42 Å². The minimum absolute atomic E-state index is 0.0992. The smallest absolute Gasteiger partial charge is 0.207 e. The molecule has 0 heterocycles. The Labute approximate surface area is 127 Å². The highest BCUT2D eigenvalue weighted by molar-refractivity contribution is 7.89. The van der Waals surface area contributed by atoms with Gasteiger partial charge in [-0.05, 0) is 38.0 Å². The normalized spacial score (nSPS) is 13.3. The molecule has 0 aliphatic carbocycles. The second kappa shape index (κ2) is 6.41. The molecule has 0 radical (unpaired) electrons. The van der Waals surface area contributed by atoms with E-state index in [1.165, 1.54) is 9.87 Å². The van der Waals surface area contributed by atoms with Crippen LogP contribution in [0.1, 0.15) is 18.1 Å². The molecule has 0 N–H and O–H groups in total. The van der Waals surface area contributed by atoms with Crippen molar-refractivity contribution in [2.75, 3.05) is 7.05 Å². The zero-order chi connectivity index (χ0) is 15.5. The quantitative estimate of drug-likeness (QED) is 0.850. The van der Waals surface area contributed by atoms with Crippen LogP contribution >= 0.6 is 0 Å². The Morgan fingerprint density at radius 1 is 1.00 bits per heavy atom. The van der Waals surface area contributed by atoms with Gasteiger partial charge in [-0.3, -0.25) is 0 Å². The van der Waals surface area contributed by atoms with Crippen molar-refractivity contribution in [1.82, 2.24) is 4.31 Å². The van der Waals surface area contributed by atoms with E-state index in [0.29, 0.717) is 11.3 Å². The van der Waals surface area contributed by atoms with Gasteiger partial charge in [0.15, 0.2) is 0 Å². The Morgan fingerprint density at radius 3 is 2.14 bits per heavy atom. The summed E-state index contributed by atoms with van der Waals surface area (Å²) in [4.78, 5) is 0.336. The largest absolute Gasteiger partial charge is 0.243 e. The molecular formula is C17H21NO2S. The van der Waals surface area contributed by atoms with Gasteiger partial charge in [-0.2, -0.15) is 4.31 Å². The van der Waals surface area contributed by atoms with Gasteiger partial charge in [0.25, 0.3) is 0 Å². The van der Waals surface area contributed by atoms with Crippen molar-refractivity contribution in [3.8, 4) is 0 Å². The summed E-state index contributed by atoms with van der Waals surface area (Å²) in [5.41, 5.74) is 2.35. The molecular weight excluding hydrogens is 282 g/mol. The van der Waals surface area contributed by atoms with E-state index in [2.05, 4.69) is 12.1 Å². The maximum absolute atomic E-state index is 12.5. The Hall–Kier alpha value is -1.65. The van der Waals surface area contributed by atoms with E-state index in [0.717, 1.165) is 5.56 Å². The van der Waals surface area contributed by atoms with Crippen molar-refractivity contribution >= 4 is 10.0 Å². The first kappa shape index (κ1) is 15.7. The molecule has 3 nitrogen and oxygen atoms in total. The summed E-state index contributed by atoms with van der Waals surface area (Å²) >= 11 is 0. The molecule has 0 amide bonds. The van der Waals surface area contributed by atoms with Crippen LogP contribution in [0.25, 0.3) is 0 Å². The van der Waals surface area contributed by atoms with Crippen LogP contribution in [0.15, 0.2) is 59.5 Å². The average molecular weight is 303 g/mol. The SMILES string of the molecule is Cc1ccc(CC(C)N(C)S(=O)(=O)c2ccccc2)cc1. The highest BCUT2D eigenvalue weighted by atomic mass is 32.2. The maximum atomic E-state index is 12.5. The van der Waals surface area contributed by atoms with Crippen molar-refractivity contribution in [2.45, 2.75) is 31.2 Å². The van der Waals surface area contributed by atoms with Crippen molar-refractivity contribution in [3.05, 3.63) is 65.7 Å². The van der Waals surface area contributed by atoms with Gasteiger partial charge in [0, 0.05) is 13.1 Å². The van der Waals surface area contributed by atoms with Crippen molar-refractivity contribution < 1.29 is 8.42 Å². The highest BCUT2D eigenvalue weighted by Gasteiger charge is 2.25. The number of hydrogen-bond donors (Lipinski definition) is 0. The molecule has 2 aromatic rings. The second-order valence-electron chi connectivity index (χ2n) is 5.37. The summed E-state index contributed by atoms with van der Waals surface area (Å²) in [5.74, 6) is 0. The highest BCUT2D eigenvalue weighted by Crippen LogP contribution is 2.18. The molecule has 1 atom stereocenters. The Kier molecular flexibility index (Phi) is 4.80. The Balaban J connectivity index is 2.15. The minimum atomic E-state index is -3.43. The van der Waals surface area contributed by atoms with Crippen LogP contribution in [-0.2, 0) is 16.4 Å². The molecule has 1 unspecified atom stereocenters. The van der Waals surface area contributed by atoms with Crippen LogP contribution < -0.4 is 0 Å². The monoisotopic (exact) mass is 303 g/mol. The molecule has 0 aromatic heterocycles. The van der Waals surface area contributed by atoms with Gasteiger partial charge in [-0.1, -0.05) is 48.0 Å². The lowest BCUT2D eigenvalue weighted by molar-refractivity contribution is 0.387. The molecule has 0 aliphatic rings. The summed E-state index contributed by atoms with van der Waals surface area (Å²) in [6, 6.07) is 16.7. The number of benzene rings is 2. The van der Waals surface area contributed by atoms with Crippen molar-refractivity contribution in [2.24, 2.45) is 0 Å². The fraction of sp³-hybridized carbons (Fsp3) is 0.294. The maximum Gasteiger partial charge on any atom is 0.243 e. The third-order valence-electron chi connectivity index (χ3n) is 3.69. The van der Waals surface area contributed by atoms with Crippen LogP contribution in [0.3, 0.4) is 0 Å². The van der Waals surface area contributed by atoms with E-state index in [1.807, 2.05) is 32.0 Å². The molecule has 2 rings (SSSR count). The van der Waals surface area contributed by atoms with E-state index >= 15 is 0 Å². The van der Waals surface area contributed by atoms with E-state index in [-0.39, 0.29) is 6.04 Å². The molecule has 0 spiro atoms. The van der Waals surface area contributed by atoms with Gasteiger partial charge in [0.1, 0.15) is 0 Å². The first-order valence-electron chi connectivity index (χ1n) is 7.00. The zero-order valence-corrected chi connectivity index (χ0v) is 13.5. The summed E-state index contributed by atoms with van der Waals surface area (Å²) in [6.45, 7) is 3.97. The second-order valence-corrected chi connectivity index (χ2v) is 7.37. The Morgan fingerprint density at radius 2 is 1.57 bits per heavy atom. The van der Waals surface area contributed by atoms with Gasteiger partial charge in [0.05, 0.1) is 4.90 Å². The lowest BCUT2D eigenvalue weighted by atomic mass is 10.1. The molecule has 2 aromatic carbocycles. The van der Waals surface area contributed by atoms with Crippen LogP contribution in [0.2, 0.25) is 0 Å². The molecule has 0 saturated carbocycles. The summed E-state index contributed by atoms with van der Waals surface area (Å²) in [7, 11) is -1.79. The fourth-order valence-electron chi connectivity index (χ4n) is 2.19. The van der Waals surface area contributed by atoms with Gasteiger partial charge in [-0.15, -0.1) is 0 Å². The van der Waals surface area contributed by atoms with Crippen molar-refractivity contribution in [1.29, 1.82) is 0 Å². The summed E-state index contributed by atoms with van der Waals surface area (Å²) in [5, 5.41) is 0. The molecule has 0 saturated heterocycles. The molecule has 4 heteroatoms. The topological polar surface area (TPSA) is 37.4 Å². The number of likely N-dealkylation sites (N-methyl/N-ethyl adjacent to an activating group) is 1. The van der Waals surface area contributed by atoms with Crippen LogP contribution in [-0.4, -0.2) is 25.8 Å². The fourth-order valence-corrected chi connectivity index (χ4v) is 3.57. The minimum Gasteiger partial charge on any atom is -0.207 e. The third kappa shape index (κ3) is 3.71. The third-order valence-corrected chi connectivity index (χ3v) is 5.68. The molecule has 0 bridgehead atoms. The number of sulfonamides is 1. The van der Waals surface area contributed by atoms with Gasteiger partial charge < -0.3 is 0 Å². The number of nitrogens with zero attached hydrogens (tertiary/aromatic N) is 1. The predicted molar refractivity (Wildman–Crippen MR) is 85.7 cm³/mol. The van der Waals surface area contributed by atoms with Crippen molar-refractivity contribution in [3.63, 3.8) is 0 Å². The Bertz CT molecular complexity index is 678. The van der Waals surface area contributed by atoms with E-state index < -0.39 is 10.0 Å². The van der Waals surface area contributed by atoms with Crippen LogP contribution in [0, 0.1) is 6.92 Å². The standard InChI is InChI=1S/C17H21NO2S/c1-14-9-11-16(12-10-14)13-15(2)18(3)21(19,20)17-7-5-4-6-8-17/h4-12,15H,13H2,1-3H3. The lowest BCUT2D eigenvalue weighted by Crippen LogP contribution is -2.36. The summed E-state index contributed by atoms with van der Waals surface area (Å²) < 4.78 is 26.5. The van der Waals surface area contributed by atoms with Crippen LogP contribution in [0.5, 0.6) is 0 Å². The summed E-state index contributed by atoms with van der Waals surface area (Å²) in [6.07, 6.45) is 0.697. The lowest BCUT2D eigenvalue weighted by Gasteiger charge is -2.24. The first-order valence-corrected chi connectivity index (χ1v) is 8.44. The average Bonchev–Trinajstić information content (AvgIpc) is 2.49. The van der Waals surface area contributed by atoms with Gasteiger partial charge in [0.2, 0.25) is 10.0 Å². The number of aryl methyl sites for hydroxylation is 1. The molecule has 112 valence electrons. The van der Waals surface area contributed by atoms with Gasteiger partial charge >= 0.3 is 0 Å². The van der Waals surface area contributed by atoms with Crippen LogP contribution in [0.4, 0.5) is 0 Å². The van der Waals surface area contributed by atoms with E-state index in [9.17, 15) is 8.42 Å². The number of rotatable bonds is 5.